The SMILES string of the molecule is [2H]C([2H])([2H])C(C)(C)N[C@@]([2H])(C(=O)c1cccc(Cl)c1)C([2H])([2H])[2H].[2H]C([2H])([2H])C(C)(N[C@@]([2H])(C(=O)c1cccc(Cl)c1)C([2H])([2H])[2H])C([2H])([2H])[2H].[2H]C([2H])([2H])C(C)(N[C@]([2H])(C(=O)c1cccc(Cl)c1)C([2H])([2H])[2H])C([2H])([2H])[2H].[2H]C([2H])([2H])C(N[C@@]([2H])(C(=O)c1cccc(Cl)c1)C([2H])([2H])[2H])(C([2H])([2H])[2H])C([2H])([2H])[2H].[2H]C([2H])([2H])C(N[C@]([2H])(C(=O)c1cccc(Cl)c1)C([2H])([2H])[2H])(C([2H])([2H])[2H])C([2H])([2H])[2H].[2H]c1c([2H])c(Cl)c([2H])c(C(=O)[C@@]([2H])(C)NC(C([2H])([2H])[2H])(C([2H])([2H])[2H])C([2H])([2H])[2H])c1[2H].[2H]c1c([2H])c(Cl)c([2H])c(C(=O)[C@@]([2H])(C)NC(C)(C)C)c1[2H].[2H]c1c([2H])c(Cl)c([2H])c(C(=O)[C@@]([2H])(NC(C([2H])([2H])[2H])(C([2H])([2H])[2H])C([2H])([2H])[2H])C([2H])([2H])[2H])c1[2H].[2H]c1c([2H])c(Cl)c([2H])c(C(=O)[C@@]([2H])(NC(C)(C)C)C([2H])([2H])[2H])c1[2H]. The Morgan fingerprint density at radius 1 is 0.215 bits per heavy atom. The number of Topliss-reactive ketones (excluding diaryl/α,β-unsaturated/α-hetero) is 9. The Balaban J connectivity index is 0.00000136. The number of hydrogen-bond acceptors (Lipinski definition) is 18. The number of carbonyl (C=O) groups excluding carboxylic acids is 9. The third-order valence-electron chi connectivity index (χ3n) is 14.6. The van der Waals surface area contributed by atoms with E-state index >= 15 is 0 Å². The van der Waals surface area contributed by atoms with Crippen LogP contribution < -0.4 is 47.9 Å². The van der Waals surface area contributed by atoms with Gasteiger partial charge in [-0.3, -0.25) is 43.2 Å². The predicted molar refractivity (Wildman–Crippen MR) is 613 cm³/mol. The van der Waals surface area contributed by atoms with Crippen LogP contribution >= 0.6 is 104 Å². The van der Waals surface area contributed by atoms with E-state index in [0.717, 1.165) is 50.2 Å². The van der Waals surface area contributed by atoms with Crippen LogP contribution in [0.1, 0.15) is 474 Å². The molecule has 0 radical (unpaired) electrons. The predicted octanol–water partition coefficient (Wildman–Crippen LogP) is 29.7. The molecule has 0 fully saturated rings. The molecule has 0 saturated heterocycles. The van der Waals surface area contributed by atoms with Crippen LogP contribution in [-0.2, 0) is 0 Å². The monoisotopic (exact) mass is 2250 g/mol. The van der Waals surface area contributed by atoms with E-state index in [1.807, 2.05) is 10.6 Å². The van der Waals surface area contributed by atoms with Gasteiger partial charge in [0.2, 0.25) is 0 Å². The average molecular weight is 2260 g/mol. The summed E-state index contributed by atoms with van der Waals surface area (Å²) >= 11 is 51.8. The van der Waals surface area contributed by atoms with Gasteiger partial charge in [-0.25, -0.2) is 0 Å². The smallest absolute Gasteiger partial charge is 0.179 e. The van der Waals surface area contributed by atoms with Gasteiger partial charge in [0.1, 0.15) is 0 Å². The summed E-state index contributed by atoms with van der Waals surface area (Å²) in [4.78, 5) is 115. The van der Waals surface area contributed by atoms with Crippen molar-refractivity contribution in [2.24, 2.45) is 0 Å². The number of rotatable bonds is 27. The molecule has 0 aliphatic heterocycles. The van der Waals surface area contributed by atoms with Crippen molar-refractivity contribution in [3.63, 3.8) is 0 Å². The van der Waals surface area contributed by atoms with Gasteiger partial charge >= 0.3 is 0 Å². The standard InChI is InChI=1S/9C13H18ClNO/c9*1-9(15-13(2,3)4)12(16)10-6-5-7-11(14)8-10/h9*5-9,15H,1-4H3/t9*9-/m111110000/s1/i2D3,3D3,4D3,5D,6D,7D,8D,9D;5D,6D,7D,8D,9D;1D3,2D3,3D3,4D3,9D;1D3,2D3,3D3,9D;1D3,2D3,9D;1D3,2D3,3D3,4D3,5D,6D,7D,8D,9D;1D3,5D,6D,7D,8D,9D;1D3,2D3,3D3,4D3,9D;1D3,2D3,3D3,9D. The minimum atomic E-state index is -4.12. The molecule has 9 aromatic rings. The van der Waals surface area contributed by atoms with Crippen LogP contribution in [0.3, 0.4) is 0 Å². The van der Waals surface area contributed by atoms with Gasteiger partial charge < -0.3 is 47.9 Å². The minimum Gasteiger partial charge on any atom is -0.303 e. The van der Waals surface area contributed by atoms with Crippen molar-refractivity contribution in [1.82, 2.24) is 47.9 Å². The molecule has 9 N–H and O–H groups in total. The summed E-state index contributed by atoms with van der Waals surface area (Å²) in [5.41, 5.74) is -29.5. The molecule has 792 valence electrons. The zero-order valence-corrected chi connectivity index (χ0v) is 84.4. The van der Waals surface area contributed by atoms with Crippen LogP contribution in [0.5, 0.6) is 0 Å². The minimum absolute atomic E-state index is 0.0162. The van der Waals surface area contributed by atoms with Crippen LogP contribution in [0.25, 0.3) is 0 Å². The van der Waals surface area contributed by atoms with E-state index in [9.17, 15) is 43.2 Å². The molecule has 9 rings (SSSR count). The van der Waals surface area contributed by atoms with Crippen molar-refractivity contribution in [2.45, 2.75) is 352 Å². The zero-order valence-electron chi connectivity index (χ0n) is 175. The summed E-state index contributed by atoms with van der Waals surface area (Å²) in [6.07, 6.45) is 0. The van der Waals surface area contributed by atoms with Crippen molar-refractivity contribution in [1.29, 1.82) is 0 Å². The van der Waals surface area contributed by atoms with E-state index in [1.165, 1.54) is 122 Å². The van der Waals surface area contributed by atoms with Gasteiger partial charge in [-0.1, -0.05) is 213 Å². The molecule has 0 unspecified atom stereocenters. The molecule has 0 aliphatic carbocycles. The van der Waals surface area contributed by atoms with E-state index in [2.05, 4.69) is 16.0 Å². The lowest BCUT2D eigenvalue weighted by Gasteiger charge is -2.25. The number of benzene rings is 9. The molecule has 18 nitrogen and oxygen atoms in total. The maximum absolute atomic E-state index is 13.2. The molecule has 144 heavy (non-hydrogen) atoms. The van der Waals surface area contributed by atoms with Gasteiger partial charge in [0.25, 0.3) is 0 Å². The maximum atomic E-state index is 13.2. The molecule has 0 aromatic heterocycles. The molecule has 0 heterocycles. The zero-order chi connectivity index (χ0) is 193. The fourth-order valence-electron chi connectivity index (χ4n) is 9.34. The lowest BCUT2D eigenvalue weighted by molar-refractivity contribution is 0.0929. The topological polar surface area (TPSA) is 262 Å². The first-order chi connectivity index (χ1) is 105. The molecule has 27 heteroatoms. The lowest BCUT2D eigenvalue weighted by atomic mass is 10.0. The van der Waals surface area contributed by atoms with Crippen LogP contribution in [0.15, 0.2) is 218 Å². The van der Waals surface area contributed by atoms with Crippen molar-refractivity contribution in [3.05, 3.63) is 313 Å². The Kier molecular flexibility index (Phi) is 19.5. The highest BCUT2D eigenvalue weighted by molar-refractivity contribution is 6.34. The fraction of sp³-hybridized carbons (Fsp3) is 0.462. The van der Waals surface area contributed by atoms with Gasteiger partial charge in [0.05, 0.1) is 88.4 Å². The van der Waals surface area contributed by atoms with E-state index in [4.69, 9.17) is 237 Å². The van der Waals surface area contributed by atoms with E-state index < -0.39 is 466 Å². The first kappa shape index (κ1) is 45.8. The summed E-state index contributed by atoms with van der Waals surface area (Å²) in [6, 6.07) is -15.8. The van der Waals surface area contributed by atoms with Gasteiger partial charge in [-0.2, -0.15) is 0 Å². The average Bonchev–Trinajstić information content (AvgIpc) is 0.701. The maximum Gasteiger partial charge on any atom is 0.179 e. The lowest BCUT2D eigenvalue weighted by Crippen LogP contribution is -2.46. The second kappa shape index (κ2) is 61.4. The summed E-state index contributed by atoms with van der Waals surface area (Å²) in [6.45, 7) is -70.2. The highest BCUT2D eigenvalue weighted by Gasteiger charge is 2.30. The second-order valence-electron chi connectivity index (χ2n) is 31.6. The summed E-state index contributed by atoms with van der Waals surface area (Å²) in [5.74, 6) is -12.7. The van der Waals surface area contributed by atoms with Gasteiger partial charge in [0.15, 0.2) is 52.0 Å². The highest BCUT2D eigenvalue weighted by atomic mass is 35.5. The summed E-state index contributed by atoms with van der Waals surface area (Å²) < 4.78 is 742. The molecule has 9 atom stereocenters. The normalized spacial score (nSPS) is 27.5. The van der Waals surface area contributed by atoms with Crippen LogP contribution in [0.2, 0.25) is 45.2 Å². The molecule has 0 bridgehead atoms. The number of nitrogens with one attached hydrogen (secondary N) is 9. The Morgan fingerprint density at radius 2 is 0.368 bits per heavy atom. The number of halogens is 9. The van der Waals surface area contributed by atoms with E-state index in [-0.39, 0.29) is 46.8 Å². The number of carbonyl (C=O) groups is 9. The van der Waals surface area contributed by atoms with Crippen molar-refractivity contribution < 1.29 is 176 Å². The van der Waals surface area contributed by atoms with E-state index in [0.29, 0.717) is 6.92 Å². The largest absolute Gasteiger partial charge is 0.303 e. The summed E-state index contributed by atoms with van der Waals surface area (Å²) in [7, 11) is 0. The third kappa shape index (κ3) is 60.0. The quantitative estimate of drug-likeness (QED) is 0.0217. The van der Waals surface area contributed by atoms with Crippen LogP contribution in [0.4, 0.5) is 0 Å². The molecule has 0 saturated carbocycles. The highest BCUT2D eigenvalue weighted by Crippen LogP contribution is 2.24. The van der Waals surface area contributed by atoms with Crippen LogP contribution in [0, 0.1) is 0 Å². The van der Waals surface area contributed by atoms with Crippen LogP contribution in [-0.4, -0.2) is 156 Å². The van der Waals surface area contributed by atoms with Gasteiger partial charge in [0, 0.05) is 244 Å². The number of ketones is 9. The summed E-state index contributed by atoms with van der Waals surface area (Å²) in [5, 5.41) is 14.8. The van der Waals surface area contributed by atoms with Crippen molar-refractivity contribution in [2.75, 3.05) is 0 Å². The fourth-order valence-corrected chi connectivity index (χ4v) is 10.9. The molecule has 0 aliphatic rings. The third-order valence-corrected chi connectivity index (χ3v) is 16.5. The second-order valence-corrected chi connectivity index (χ2v) is 35.3. The number of hydrogen-bond donors (Lipinski definition) is 9. The Morgan fingerprint density at radius 3 is 0.542 bits per heavy atom. The molecular weight excluding hydrogens is 1990 g/mol. The first-order valence-electron chi connectivity index (χ1n) is 88.1. The Labute approximate surface area is 1040 Å². The van der Waals surface area contributed by atoms with E-state index in [1.54, 1.807) is 46.9 Å². The molecular formula is C117H162Cl9N9O9. The van der Waals surface area contributed by atoms with Crippen molar-refractivity contribution in [3.8, 4) is 0 Å². The first-order valence-corrected chi connectivity index (χ1v) is 43.0. The van der Waals surface area contributed by atoms with Crippen molar-refractivity contribution >= 4 is 156 Å². The Hall–Kier alpha value is -7.74. The molecule has 0 spiro atoms. The van der Waals surface area contributed by atoms with Gasteiger partial charge in [-0.15, -0.1) is 0 Å². The van der Waals surface area contributed by atoms with Gasteiger partial charge in [-0.05, 0) is 357 Å². The Bertz CT molecular complexity index is 9560. The molecule has 0 amide bonds. The molecule has 9 aromatic carbocycles.